The molecule has 92 valence electrons. The van der Waals surface area contributed by atoms with E-state index in [0.717, 1.165) is 6.07 Å². The topological polar surface area (TPSA) is 95.5 Å². The van der Waals surface area contributed by atoms with Crippen molar-refractivity contribution in [2.75, 3.05) is 12.3 Å². The second-order valence-electron chi connectivity index (χ2n) is 4.02. The van der Waals surface area contributed by atoms with Gasteiger partial charge in [-0.25, -0.2) is 4.79 Å². The van der Waals surface area contributed by atoms with Gasteiger partial charge in [0.25, 0.3) is 5.69 Å². The second-order valence-corrected chi connectivity index (χ2v) is 4.02. The largest absolute Gasteiger partial charge is 0.462 e. The summed E-state index contributed by atoms with van der Waals surface area (Å²) in [7, 11) is 0. The summed E-state index contributed by atoms with van der Waals surface area (Å²) in [6, 6.07) is 3.85. The summed E-state index contributed by atoms with van der Waals surface area (Å²) in [4.78, 5) is 21.6. The number of hydrogen-bond acceptors (Lipinski definition) is 5. The lowest BCUT2D eigenvalue weighted by Gasteiger charge is -2.07. The van der Waals surface area contributed by atoms with Crippen molar-refractivity contribution in [3.05, 3.63) is 33.9 Å². The molecule has 0 aliphatic rings. The van der Waals surface area contributed by atoms with Gasteiger partial charge in [-0.3, -0.25) is 10.1 Å². The van der Waals surface area contributed by atoms with Crippen molar-refractivity contribution >= 4 is 17.3 Å². The van der Waals surface area contributed by atoms with Crippen LogP contribution in [0.1, 0.15) is 24.2 Å². The van der Waals surface area contributed by atoms with Crippen molar-refractivity contribution in [3.63, 3.8) is 0 Å². The Bertz CT molecular complexity index is 443. The van der Waals surface area contributed by atoms with E-state index in [2.05, 4.69) is 0 Å². The Morgan fingerprint density at radius 2 is 2.18 bits per heavy atom. The number of benzene rings is 1. The van der Waals surface area contributed by atoms with Crippen LogP contribution in [0.5, 0.6) is 0 Å². The van der Waals surface area contributed by atoms with Crippen LogP contribution in [0.15, 0.2) is 18.2 Å². The number of nitrogen functional groups attached to an aromatic ring is 1. The highest BCUT2D eigenvalue weighted by atomic mass is 16.6. The number of nitro benzene ring substituents is 1. The summed E-state index contributed by atoms with van der Waals surface area (Å²) in [6.07, 6.45) is 0. The first kappa shape index (κ1) is 13.0. The number of hydrogen-bond donors (Lipinski definition) is 1. The van der Waals surface area contributed by atoms with Gasteiger partial charge in [-0.2, -0.15) is 0 Å². The summed E-state index contributed by atoms with van der Waals surface area (Å²) >= 11 is 0. The monoisotopic (exact) mass is 238 g/mol. The first-order chi connectivity index (χ1) is 7.91. The number of nitrogens with two attached hydrogens (primary N) is 1. The third-order valence-corrected chi connectivity index (χ3v) is 2.01. The van der Waals surface area contributed by atoms with Gasteiger partial charge in [-0.15, -0.1) is 0 Å². The van der Waals surface area contributed by atoms with E-state index < -0.39 is 10.9 Å². The molecule has 6 heteroatoms. The number of nitrogens with zero attached hydrogens (tertiary/aromatic N) is 1. The molecule has 0 radical (unpaired) electrons. The van der Waals surface area contributed by atoms with Crippen LogP contribution in [-0.2, 0) is 4.74 Å². The predicted octanol–water partition coefficient (Wildman–Crippen LogP) is 1.99. The average molecular weight is 238 g/mol. The van der Waals surface area contributed by atoms with Crippen molar-refractivity contribution < 1.29 is 14.5 Å². The molecule has 0 aromatic heterocycles. The fourth-order valence-corrected chi connectivity index (χ4v) is 1.15. The van der Waals surface area contributed by atoms with Gasteiger partial charge < -0.3 is 10.5 Å². The zero-order valence-corrected chi connectivity index (χ0v) is 9.67. The molecule has 0 fully saturated rings. The Hall–Kier alpha value is -2.11. The third kappa shape index (κ3) is 3.44. The van der Waals surface area contributed by atoms with Gasteiger partial charge in [-0.05, 0) is 18.1 Å². The van der Waals surface area contributed by atoms with Crippen molar-refractivity contribution in [2.45, 2.75) is 13.8 Å². The number of ether oxygens (including phenoxy) is 1. The lowest BCUT2D eigenvalue weighted by Crippen LogP contribution is -2.10. The molecule has 0 heterocycles. The Morgan fingerprint density at radius 3 is 2.71 bits per heavy atom. The Morgan fingerprint density at radius 1 is 1.53 bits per heavy atom. The van der Waals surface area contributed by atoms with E-state index in [1.54, 1.807) is 0 Å². The number of nitro groups is 1. The number of carbonyl (C=O) groups excluding carboxylic acids is 1. The SMILES string of the molecule is CC(C)COC(=O)c1ccc(N)c([N+](=O)[O-])c1. The second kappa shape index (κ2) is 5.29. The number of anilines is 1. The van der Waals surface area contributed by atoms with E-state index in [-0.39, 0.29) is 29.5 Å². The minimum Gasteiger partial charge on any atom is -0.462 e. The molecule has 0 atom stereocenters. The van der Waals surface area contributed by atoms with Gasteiger partial charge >= 0.3 is 5.97 Å². The molecule has 0 aliphatic heterocycles. The van der Waals surface area contributed by atoms with Crippen molar-refractivity contribution in [1.29, 1.82) is 0 Å². The third-order valence-electron chi connectivity index (χ3n) is 2.01. The standard InChI is InChI=1S/C11H14N2O4/c1-7(2)6-17-11(14)8-3-4-9(12)10(5-8)13(15)16/h3-5,7H,6,12H2,1-2H3. The van der Waals surface area contributed by atoms with Crippen LogP contribution in [0.3, 0.4) is 0 Å². The van der Waals surface area contributed by atoms with Gasteiger partial charge in [0, 0.05) is 6.07 Å². The molecule has 1 aromatic carbocycles. The molecule has 2 N–H and O–H groups in total. The lowest BCUT2D eigenvalue weighted by atomic mass is 10.2. The molecule has 6 nitrogen and oxygen atoms in total. The number of esters is 1. The minimum atomic E-state index is -0.630. The highest BCUT2D eigenvalue weighted by Gasteiger charge is 2.16. The molecule has 1 aromatic rings. The van der Waals surface area contributed by atoms with Gasteiger partial charge in [0.05, 0.1) is 17.1 Å². The molecule has 1 rings (SSSR count). The summed E-state index contributed by atoms with van der Waals surface area (Å²) in [6.45, 7) is 4.08. The highest BCUT2D eigenvalue weighted by Crippen LogP contribution is 2.22. The average Bonchev–Trinajstić information content (AvgIpc) is 2.26. The normalized spacial score (nSPS) is 10.3. The zero-order valence-electron chi connectivity index (χ0n) is 9.67. The van der Waals surface area contributed by atoms with Crippen molar-refractivity contribution in [1.82, 2.24) is 0 Å². The molecular formula is C11H14N2O4. The van der Waals surface area contributed by atoms with E-state index >= 15 is 0 Å². The van der Waals surface area contributed by atoms with Crippen LogP contribution in [0.25, 0.3) is 0 Å². The van der Waals surface area contributed by atoms with Gasteiger partial charge in [0.2, 0.25) is 0 Å². The molecular weight excluding hydrogens is 224 g/mol. The summed E-state index contributed by atoms with van der Waals surface area (Å²) in [5.74, 6) is -0.371. The summed E-state index contributed by atoms with van der Waals surface area (Å²) in [5.41, 5.74) is 5.29. The molecule has 0 aliphatic carbocycles. The Kier molecular flexibility index (Phi) is 4.03. The van der Waals surface area contributed by atoms with Gasteiger partial charge in [0.1, 0.15) is 5.69 Å². The van der Waals surface area contributed by atoms with E-state index in [1.165, 1.54) is 12.1 Å². The molecule has 0 bridgehead atoms. The Labute approximate surface area is 98.5 Å². The Balaban J connectivity index is 2.88. The van der Waals surface area contributed by atoms with Crippen LogP contribution < -0.4 is 5.73 Å². The van der Waals surface area contributed by atoms with Crippen LogP contribution >= 0.6 is 0 Å². The smallest absolute Gasteiger partial charge is 0.338 e. The maximum Gasteiger partial charge on any atom is 0.338 e. The summed E-state index contributed by atoms with van der Waals surface area (Å²) < 4.78 is 4.96. The predicted molar refractivity (Wildman–Crippen MR) is 62.6 cm³/mol. The van der Waals surface area contributed by atoms with Gasteiger partial charge in [-0.1, -0.05) is 13.8 Å². The van der Waals surface area contributed by atoms with E-state index in [4.69, 9.17) is 10.5 Å². The quantitative estimate of drug-likeness (QED) is 0.374. The van der Waals surface area contributed by atoms with Crippen LogP contribution in [-0.4, -0.2) is 17.5 Å². The zero-order chi connectivity index (χ0) is 13.0. The van der Waals surface area contributed by atoms with Crippen LogP contribution in [0, 0.1) is 16.0 Å². The maximum absolute atomic E-state index is 11.5. The van der Waals surface area contributed by atoms with Crippen LogP contribution in [0.2, 0.25) is 0 Å². The minimum absolute atomic E-state index is 0.0235. The molecule has 0 saturated heterocycles. The van der Waals surface area contributed by atoms with E-state index in [1.807, 2.05) is 13.8 Å². The maximum atomic E-state index is 11.5. The van der Waals surface area contributed by atoms with Gasteiger partial charge in [0.15, 0.2) is 0 Å². The summed E-state index contributed by atoms with van der Waals surface area (Å²) in [5, 5.41) is 10.6. The van der Waals surface area contributed by atoms with E-state index in [9.17, 15) is 14.9 Å². The number of carbonyl (C=O) groups is 1. The highest BCUT2D eigenvalue weighted by molar-refractivity contribution is 5.91. The molecule has 0 unspecified atom stereocenters. The lowest BCUT2D eigenvalue weighted by molar-refractivity contribution is -0.383. The first-order valence-electron chi connectivity index (χ1n) is 5.13. The van der Waals surface area contributed by atoms with E-state index in [0.29, 0.717) is 0 Å². The molecule has 0 spiro atoms. The fourth-order valence-electron chi connectivity index (χ4n) is 1.15. The molecule has 0 saturated carbocycles. The molecule has 17 heavy (non-hydrogen) atoms. The fraction of sp³-hybridized carbons (Fsp3) is 0.364. The number of rotatable bonds is 4. The van der Waals surface area contributed by atoms with Crippen molar-refractivity contribution in [2.24, 2.45) is 5.92 Å². The molecule has 0 amide bonds. The van der Waals surface area contributed by atoms with Crippen molar-refractivity contribution in [3.8, 4) is 0 Å². The van der Waals surface area contributed by atoms with Crippen LogP contribution in [0.4, 0.5) is 11.4 Å². The first-order valence-corrected chi connectivity index (χ1v) is 5.13.